The highest BCUT2D eigenvalue weighted by atomic mass is 32.1. The summed E-state index contributed by atoms with van der Waals surface area (Å²) < 4.78 is 4.96. The normalized spacial score (nSPS) is 20.2. The van der Waals surface area contributed by atoms with E-state index >= 15 is 0 Å². The number of aryl methyl sites for hydroxylation is 1. The molecule has 1 aromatic heterocycles. The molecule has 0 amide bonds. The Labute approximate surface area is 195 Å². The van der Waals surface area contributed by atoms with Crippen LogP contribution in [-0.2, 0) is 6.67 Å². The van der Waals surface area contributed by atoms with Crippen LogP contribution in [0.2, 0.25) is 0 Å². The Morgan fingerprint density at radius 2 is 1.66 bits per heavy atom. The lowest BCUT2D eigenvalue weighted by atomic mass is 10.0. The molecule has 0 saturated carbocycles. The minimum atomic E-state index is 0.330. The molecule has 2 saturated heterocycles. The van der Waals surface area contributed by atoms with E-state index in [9.17, 15) is 0 Å². The zero-order chi connectivity index (χ0) is 22.1. The van der Waals surface area contributed by atoms with Gasteiger partial charge in [0, 0.05) is 38.8 Å². The zero-order valence-corrected chi connectivity index (χ0v) is 19.8. The summed E-state index contributed by atoms with van der Waals surface area (Å²) in [6.45, 7) is 7.95. The Kier molecular flexibility index (Phi) is 6.13. The number of benzene rings is 2. The van der Waals surface area contributed by atoms with Crippen LogP contribution in [0.25, 0.3) is 5.69 Å². The van der Waals surface area contributed by atoms with Crippen LogP contribution in [0.5, 0.6) is 0 Å². The second-order valence-electron chi connectivity index (χ2n) is 9.09. The number of anilines is 1. The van der Waals surface area contributed by atoms with E-state index in [0.29, 0.717) is 12.7 Å². The molecule has 1 unspecified atom stereocenters. The summed E-state index contributed by atoms with van der Waals surface area (Å²) in [5.74, 6) is 0.974. The molecule has 32 heavy (non-hydrogen) atoms. The maximum atomic E-state index is 6.01. The molecule has 0 spiro atoms. The van der Waals surface area contributed by atoms with Crippen molar-refractivity contribution in [3.8, 4) is 5.69 Å². The van der Waals surface area contributed by atoms with E-state index in [1.807, 2.05) is 4.68 Å². The molecule has 5 rings (SSSR count). The van der Waals surface area contributed by atoms with Gasteiger partial charge in [-0.25, -0.2) is 4.68 Å². The molecule has 3 aromatic rings. The smallest absolute Gasteiger partial charge is 0.230 e. The first-order chi connectivity index (χ1) is 15.6. The molecular formula is C25H32N6S. The van der Waals surface area contributed by atoms with Crippen molar-refractivity contribution in [3.05, 3.63) is 70.5 Å². The molecule has 2 fully saturated rings. The molecular weight excluding hydrogens is 416 g/mol. The van der Waals surface area contributed by atoms with E-state index in [4.69, 9.17) is 17.3 Å². The molecule has 0 N–H and O–H groups in total. The van der Waals surface area contributed by atoms with Crippen molar-refractivity contribution < 1.29 is 0 Å². The van der Waals surface area contributed by atoms with Crippen LogP contribution in [0.1, 0.15) is 30.0 Å². The van der Waals surface area contributed by atoms with Crippen molar-refractivity contribution in [1.82, 2.24) is 24.1 Å². The van der Waals surface area contributed by atoms with Gasteiger partial charge in [0.1, 0.15) is 0 Å². The fraction of sp³-hybridized carbons (Fsp3) is 0.440. The van der Waals surface area contributed by atoms with E-state index in [-0.39, 0.29) is 0 Å². The van der Waals surface area contributed by atoms with Crippen molar-refractivity contribution >= 4 is 18.2 Å². The van der Waals surface area contributed by atoms with Gasteiger partial charge in [0.2, 0.25) is 10.7 Å². The highest BCUT2D eigenvalue weighted by Gasteiger charge is 2.28. The van der Waals surface area contributed by atoms with Crippen LogP contribution >= 0.6 is 12.2 Å². The van der Waals surface area contributed by atoms with E-state index in [2.05, 4.69) is 87.8 Å². The van der Waals surface area contributed by atoms with Gasteiger partial charge < -0.3 is 9.80 Å². The molecule has 1 atom stereocenters. The van der Waals surface area contributed by atoms with E-state index in [1.54, 1.807) is 0 Å². The Morgan fingerprint density at radius 1 is 0.938 bits per heavy atom. The summed E-state index contributed by atoms with van der Waals surface area (Å²) >= 11 is 6.01. The first-order valence-electron chi connectivity index (χ1n) is 11.6. The number of piperazine rings is 1. The van der Waals surface area contributed by atoms with Crippen LogP contribution in [-0.4, -0.2) is 63.9 Å². The number of nitrogens with zero attached hydrogens (tertiary/aromatic N) is 6. The third kappa shape index (κ3) is 4.25. The van der Waals surface area contributed by atoms with Crippen molar-refractivity contribution in [2.45, 2.75) is 32.5 Å². The van der Waals surface area contributed by atoms with Crippen molar-refractivity contribution in [2.75, 3.05) is 44.7 Å². The molecule has 6 nitrogen and oxygen atoms in total. The summed E-state index contributed by atoms with van der Waals surface area (Å²) in [6.07, 6.45) is 2.42. The minimum absolute atomic E-state index is 0.330. The molecule has 3 heterocycles. The SMILES string of the molecule is Cc1ccc(-n2c(N3CCCC3)nn(CN3CCN(C)CC3c3ccccc3)c2=S)cc1. The van der Waals surface area contributed by atoms with Gasteiger partial charge in [-0.1, -0.05) is 48.0 Å². The monoisotopic (exact) mass is 448 g/mol. The van der Waals surface area contributed by atoms with Gasteiger partial charge in [0.05, 0.1) is 12.4 Å². The zero-order valence-electron chi connectivity index (χ0n) is 19.0. The van der Waals surface area contributed by atoms with Gasteiger partial charge in [0.25, 0.3) is 0 Å². The molecule has 2 aliphatic heterocycles. The number of hydrogen-bond donors (Lipinski definition) is 0. The standard InChI is InChI=1S/C25H32N6S/c1-20-10-12-22(13-11-20)31-24(28-14-6-7-15-28)26-30(25(31)32)19-29-17-16-27(2)18-23(29)21-8-4-3-5-9-21/h3-5,8-13,23H,6-7,14-19H2,1-2H3. The van der Waals surface area contributed by atoms with Crippen molar-refractivity contribution in [2.24, 2.45) is 0 Å². The summed E-state index contributed by atoms with van der Waals surface area (Å²) in [6, 6.07) is 19.7. The van der Waals surface area contributed by atoms with Crippen LogP contribution in [0.4, 0.5) is 5.95 Å². The highest BCUT2D eigenvalue weighted by molar-refractivity contribution is 7.71. The quantitative estimate of drug-likeness (QED) is 0.545. The van der Waals surface area contributed by atoms with Crippen molar-refractivity contribution in [1.29, 1.82) is 0 Å². The van der Waals surface area contributed by atoms with Crippen LogP contribution < -0.4 is 4.90 Å². The Hall–Kier alpha value is -2.48. The van der Waals surface area contributed by atoms with Crippen LogP contribution in [0, 0.1) is 11.7 Å². The number of likely N-dealkylation sites (N-methyl/N-ethyl adjacent to an activating group) is 1. The number of aromatic nitrogens is 3. The van der Waals surface area contributed by atoms with E-state index in [0.717, 1.165) is 49.1 Å². The second-order valence-corrected chi connectivity index (χ2v) is 9.45. The van der Waals surface area contributed by atoms with Gasteiger partial charge in [-0.05, 0) is 56.7 Å². The molecule has 2 aromatic carbocycles. The van der Waals surface area contributed by atoms with E-state index in [1.165, 1.54) is 24.0 Å². The topological polar surface area (TPSA) is 32.5 Å². The number of hydrogen-bond acceptors (Lipinski definition) is 5. The Balaban J connectivity index is 1.51. The molecule has 2 aliphatic rings. The molecule has 7 heteroatoms. The lowest BCUT2D eigenvalue weighted by molar-refractivity contribution is 0.0583. The van der Waals surface area contributed by atoms with Gasteiger partial charge in [-0.3, -0.25) is 9.47 Å². The van der Waals surface area contributed by atoms with E-state index < -0.39 is 0 Å². The Morgan fingerprint density at radius 3 is 2.38 bits per heavy atom. The van der Waals surface area contributed by atoms with Gasteiger partial charge in [-0.15, -0.1) is 5.10 Å². The third-order valence-electron chi connectivity index (χ3n) is 6.70. The summed E-state index contributed by atoms with van der Waals surface area (Å²) in [5.41, 5.74) is 3.69. The third-order valence-corrected chi connectivity index (χ3v) is 7.09. The highest BCUT2D eigenvalue weighted by Crippen LogP contribution is 2.28. The predicted molar refractivity (Wildman–Crippen MR) is 132 cm³/mol. The number of rotatable bonds is 5. The lowest BCUT2D eigenvalue weighted by Gasteiger charge is -2.40. The first kappa shape index (κ1) is 21.4. The van der Waals surface area contributed by atoms with Crippen LogP contribution in [0.15, 0.2) is 54.6 Å². The van der Waals surface area contributed by atoms with Gasteiger partial charge in [0.15, 0.2) is 0 Å². The predicted octanol–water partition coefficient (Wildman–Crippen LogP) is 4.26. The van der Waals surface area contributed by atoms with Gasteiger partial charge in [-0.2, -0.15) is 0 Å². The molecule has 0 radical (unpaired) electrons. The minimum Gasteiger partial charge on any atom is -0.341 e. The Bertz CT molecular complexity index is 1100. The largest absolute Gasteiger partial charge is 0.341 e. The second kappa shape index (κ2) is 9.17. The fourth-order valence-electron chi connectivity index (χ4n) is 4.82. The molecule has 168 valence electrons. The molecule has 0 bridgehead atoms. The summed E-state index contributed by atoms with van der Waals surface area (Å²) in [4.78, 5) is 7.31. The maximum absolute atomic E-state index is 6.01. The average molecular weight is 449 g/mol. The average Bonchev–Trinajstić information content (AvgIpc) is 3.45. The molecule has 0 aliphatic carbocycles. The summed E-state index contributed by atoms with van der Waals surface area (Å²) in [5, 5.41) is 5.08. The van der Waals surface area contributed by atoms with Crippen molar-refractivity contribution in [3.63, 3.8) is 0 Å². The maximum Gasteiger partial charge on any atom is 0.230 e. The first-order valence-corrected chi connectivity index (χ1v) is 12.0. The van der Waals surface area contributed by atoms with Gasteiger partial charge >= 0.3 is 0 Å². The summed E-state index contributed by atoms with van der Waals surface area (Å²) in [7, 11) is 2.20. The van der Waals surface area contributed by atoms with Crippen LogP contribution in [0.3, 0.4) is 0 Å². The lowest BCUT2D eigenvalue weighted by Crippen LogP contribution is -2.47. The fourth-order valence-corrected chi connectivity index (χ4v) is 5.11.